The third-order valence-electron chi connectivity index (χ3n) is 7.90. The van der Waals surface area contributed by atoms with Crippen LogP contribution in [-0.4, -0.2) is 52.7 Å². The summed E-state index contributed by atoms with van der Waals surface area (Å²) in [5, 5.41) is 12.6. The zero-order valence-electron chi connectivity index (χ0n) is 19.3. The summed E-state index contributed by atoms with van der Waals surface area (Å²) >= 11 is 0. The van der Waals surface area contributed by atoms with E-state index in [4.69, 9.17) is 4.74 Å². The average Bonchev–Trinajstić information content (AvgIpc) is 3.20. The van der Waals surface area contributed by atoms with Gasteiger partial charge < -0.3 is 20.1 Å². The van der Waals surface area contributed by atoms with E-state index in [1.165, 1.54) is 4.90 Å². The number of benzene rings is 2. The van der Waals surface area contributed by atoms with Crippen LogP contribution in [0.4, 0.5) is 4.79 Å². The highest BCUT2D eigenvalue weighted by atomic mass is 16.5. The van der Waals surface area contributed by atoms with Crippen LogP contribution < -0.4 is 5.32 Å². The minimum Gasteiger partial charge on any atom is -0.479 e. The van der Waals surface area contributed by atoms with E-state index in [0.717, 1.165) is 35.1 Å². The molecule has 6 rings (SSSR count). The van der Waals surface area contributed by atoms with Crippen molar-refractivity contribution < 1.29 is 24.2 Å². The Morgan fingerprint density at radius 1 is 1.06 bits per heavy atom. The van der Waals surface area contributed by atoms with Gasteiger partial charge in [0.15, 0.2) is 0 Å². The van der Waals surface area contributed by atoms with Crippen LogP contribution in [0.15, 0.2) is 48.5 Å². The topological polar surface area (TPSA) is 95.9 Å². The van der Waals surface area contributed by atoms with Crippen molar-refractivity contribution >= 4 is 18.0 Å². The molecule has 2 aromatic rings. The fourth-order valence-corrected chi connectivity index (χ4v) is 5.98. The third-order valence-corrected chi connectivity index (χ3v) is 7.90. The largest absolute Gasteiger partial charge is 0.479 e. The van der Waals surface area contributed by atoms with Gasteiger partial charge in [-0.3, -0.25) is 4.79 Å². The van der Waals surface area contributed by atoms with Crippen molar-refractivity contribution in [3.05, 3.63) is 59.7 Å². The number of piperidine rings is 2. The van der Waals surface area contributed by atoms with Crippen LogP contribution in [0.3, 0.4) is 0 Å². The molecule has 1 atom stereocenters. The summed E-state index contributed by atoms with van der Waals surface area (Å²) in [6.45, 7) is 2.41. The first-order valence-corrected chi connectivity index (χ1v) is 12.1. The fourth-order valence-electron chi connectivity index (χ4n) is 5.98. The number of hydrogen-bond donors (Lipinski definition) is 2. The Labute approximate surface area is 199 Å². The summed E-state index contributed by atoms with van der Waals surface area (Å²) in [7, 11) is 0. The zero-order valence-corrected chi connectivity index (χ0v) is 19.3. The molecule has 0 unspecified atom stereocenters. The molecule has 4 aliphatic rings. The first kappa shape index (κ1) is 22.4. The van der Waals surface area contributed by atoms with E-state index in [9.17, 15) is 19.5 Å². The summed E-state index contributed by atoms with van der Waals surface area (Å²) in [6, 6.07) is 15.4. The molecular formula is C27H30N2O5. The molecule has 2 saturated heterocycles. The minimum atomic E-state index is -1.15. The summed E-state index contributed by atoms with van der Waals surface area (Å²) in [5.41, 5.74) is 3.38. The molecular weight excluding hydrogens is 432 g/mol. The number of carbonyl (C=O) groups is 3. The minimum absolute atomic E-state index is 0.0676. The molecule has 0 spiro atoms. The number of aliphatic carboxylic acids is 1. The van der Waals surface area contributed by atoms with Gasteiger partial charge in [-0.1, -0.05) is 55.5 Å². The second-order valence-electron chi connectivity index (χ2n) is 9.66. The van der Waals surface area contributed by atoms with Gasteiger partial charge in [-0.25, -0.2) is 9.59 Å². The summed E-state index contributed by atoms with van der Waals surface area (Å²) < 4.78 is 5.61. The van der Waals surface area contributed by atoms with E-state index in [-0.39, 0.29) is 18.4 Å². The molecule has 3 fully saturated rings. The molecule has 2 amide bonds. The Morgan fingerprint density at radius 2 is 1.65 bits per heavy atom. The zero-order chi connectivity index (χ0) is 23.9. The number of carbonyl (C=O) groups excluding carboxylic acids is 2. The molecule has 1 saturated carbocycles. The van der Waals surface area contributed by atoms with Gasteiger partial charge in [0.25, 0.3) is 0 Å². The average molecular weight is 463 g/mol. The molecule has 2 aromatic carbocycles. The number of ether oxygens (including phenoxy) is 1. The Hall–Kier alpha value is -3.35. The van der Waals surface area contributed by atoms with Crippen molar-refractivity contribution in [1.82, 2.24) is 10.2 Å². The number of rotatable bonds is 6. The van der Waals surface area contributed by atoms with Crippen molar-refractivity contribution in [3.63, 3.8) is 0 Å². The number of carboxylic acids is 1. The number of carboxylic acid groups (broad SMARTS) is 1. The smallest absolute Gasteiger partial charge is 0.407 e. The van der Waals surface area contributed by atoms with E-state index in [0.29, 0.717) is 31.7 Å². The number of alkyl carbamates (subject to hydrolysis) is 1. The van der Waals surface area contributed by atoms with E-state index in [1.807, 2.05) is 31.2 Å². The number of nitrogens with zero attached hydrogens (tertiary/aromatic N) is 1. The second-order valence-corrected chi connectivity index (χ2v) is 9.66. The highest BCUT2D eigenvalue weighted by Gasteiger charge is 2.54. The second kappa shape index (κ2) is 8.78. The van der Waals surface area contributed by atoms with Crippen molar-refractivity contribution in [2.45, 2.75) is 56.5 Å². The lowest BCUT2D eigenvalue weighted by atomic mass is 9.70. The van der Waals surface area contributed by atoms with Crippen LogP contribution >= 0.6 is 0 Å². The van der Waals surface area contributed by atoms with Gasteiger partial charge in [-0.05, 0) is 60.3 Å². The van der Waals surface area contributed by atoms with Gasteiger partial charge in [0.05, 0.1) is 0 Å². The van der Waals surface area contributed by atoms with Crippen LogP contribution in [0, 0.1) is 5.92 Å². The Morgan fingerprint density at radius 3 is 2.21 bits per heavy atom. The summed E-state index contributed by atoms with van der Waals surface area (Å²) in [4.78, 5) is 39.7. The third kappa shape index (κ3) is 3.63. The van der Waals surface area contributed by atoms with E-state index >= 15 is 0 Å². The van der Waals surface area contributed by atoms with Gasteiger partial charge in [-0.2, -0.15) is 0 Å². The highest BCUT2D eigenvalue weighted by Crippen LogP contribution is 2.45. The van der Waals surface area contributed by atoms with E-state index in [2.05, 4.69) is 29.6 Å². The van der Waals surface area contributed by atoms with Gasteiger partial charge in [-0.15, -0.1) is 0 Å². The van der Waals surface area contributed by atoms with Crippen molar-refractivity contribution in [1.29, 1.82) is 0 Å². The predicted molar refractivity (Wildman–Crippen MR) is 126 cm³/mol. The molecule has 2 heterocycles. The van der Waals surface area contributed by atoms with Crippen LogP contribution in [0.1, 0.15) is 56.1 Å². The Balaban J connectivity index is 1.26. The highest BCUT2D eigenvalue weighted by molar-refractivity contribution is 5.92. The van der Waals surface area contributed by atoms with E-state index < -0.39 is 23.6 Å². The molecule has 0 aromatic heterocycles. The standard InChI is InChI=1S/C27H30N2O5/c1-2-23(24(30)29-15-17-11-13-27(29,14-12-17)25(31)32)28-26(33)34-16-22-20-9-5-3-7-18(20)19-8-4-6-10-21(19)22/h3-10,17,22-23H,2,11-16H2,1H3,(H,28,33)(H,31,32)/t17?,23-,27?/m0/s1. The molecule has 7 heteroatoms. The maximum atomic E-state index is 13.3. The maximum absolute atomic E-state index is 13.3. The molecule has 2 aliphatic heterocycles. The van der Waals surface area contributed by atoms with E-state index in [1.54, 1.807) is 0 Å². The fraction of sp³-hybridized carbons (Fsp3) is 0.444. The van der Waals surface area contributed by atoms with Gasteiger partial charge >= 0.3 is 12.1 Å². The molecule has 0 radical (unpaired) electrons. The predicted octanol–water partition coefficient (Wildman–Crippen LogP) is 4.16. The maximum Gasteiger partial charge on any atom is 0.407 e. The number of fused-ring (bicyclic) bond motifs is 6. The van der Waals surface area contributed by atoms with Crippen molar-refractivity contribution in [3.8, 4) is 11.1 Å². The van der Waals surface area contributed by atoms with Crippen LogP contribution in [-0.2, 0) is 14.3 Å². The molecule has 178 valence electrons. The normalized spacial score (nSPS) is 23.7. The molecule has 2 aliphatic carbocycles. The van der Waals surface area contributed by atoms with Crippen LogP contribution in [0.2, 0.25) is 0 Å². The first-order chi connectivity index (χ1) is 16.4. The van der Waals surface area contributed by atoms with Gasteiger partial charge in [0.2, 0.25) is 5.91 Å². The number of amides is 2. The van der Waals surface area contributed by atoms with Crippen molar-refractivity contribution in [2.24, 2.45) is 5.92 Å². The number of nitrogens with one attached hydrogen (secondary N) is 1. The molecule has 2 bridgehead atoms. The lowest BCUT2D eigenvalue weighted by molar-refractivity contribution is -0.171. The molecule has 7 nitrogen and oxygen atoms in total. The quantitative estimate of drug-likeness (QED) is 0.672. The van der Waals surface area contributed by atoms with Crippen molar-refractivity contribution in [2.75, 3.05) is 13.2 Å². The number of hydrogen-bond acceptors (Lipinski definition) is 4. The van der Waals surface area contributed by atoms with Crippen LogP contribution in [0.25, 0.3) is 11.1 Å². The lowest BCUT2D eigenvalue weighted by Crippen LogP contribution is -2.67. The summed E-state index contributed by atoms with van der Waals surface area (Å²) in [6.07, 6.45) is 2.30. The lowest BCUT2D eigenvalue weighted by Gasteiger charge is -2.52. The van der Waals surface area contributed by atoms with Gasteiger partial charge in [0, 0.05) is 12.5 Å². The Bertz CT molecular complexity index is 1080. The van der Waals surface area contributed by atoms with Crippen LogP contribution in [0.5, 0.6) is 0 Å². The SMILES string of the molecule is CC[C@H](NC(=O)OCC1c2ccccc2-c2ccccc21)C(=O)N1CC2CCC1(C(=O)O)CC2. The first-order valence-electron chi connectivity index (χ1n) is 12.1. The van der Waals surface area contributed by atoms with Gasteiger partial charge in [0.1, 0.15) is 18.2 Å². The summed E-state index contributed by atoms with van der Waals surface area (Å²) in [5.74, 6) is -1.02. The Kier molecular flexibility index (Phi) is 5.80. The monoisotopic (exact) mass is 462 g/mol. The molecule has 34 heavy (non-hydrogen) atoms. The molecule has 2 N–H and O–H groups in total.